The first-order valence-electron chi connectivity index (χ1n) is 5.36. The molecule has 0 bridgehead atoms. The number of aromatic nitrogens is 1. The second kappa shape index (κ2) is 6.14. The molecule has 2 aromatic rings. The lowest BCUT2D eigenvalue weighted by atomic mass is 10.2. The lowest BCUT2D eigenvalue weighted by molar-refractivity contribution is -0.384. The van der Waals surface area contributed by atoms with Gasteiger partial charge in [-0.05, 0) is 40.8 Å². The van der Waals surface area contributed by atoms with Crippen LogP contribution in [-0.4, -0.2) is 15.8 Å². The summed E-state index contributed by atoms with van der Waals surface area (Å²) in [6.07, 6.45) is 0. The Kier molecular flexibility index (Phi) is 4.50. The first-order chi connectivity index (χ1) is 9.49. The van der Waals surface area contributed by atoms with Crippen LogP contribution in [0.3, 0.4) is 0 Å². The van der Waals surface area contributed by atoms with E-state index in [2.05, 4.69) is 10.3 Å². The fourth-order valence-corrected chi connectivity index (χ4v) is 2.27. The van der Waals surface area contributed by atoms with Crippen LogP contribution in [0.1, 0.15) is 10.4 Å². The van der Waals surface area contributed by atoms with Gasteiger partial charge in [-0.3, -0.25) is 14.9 Å². The van der Waals surface area contributed by atoms with Gasteiger partial charge in [0.15, 0.2) is 0 Å². The maximum Gasteiger partial charge on any atom is 0.311 e. The van der Waals surface area contributed by atoms with Crippen molar-refractivity contribution in [3.63, 3.8) is 0 Å². The molecule has 0 fully saturated rings. The molecule has 1 aromatic carbocycles. The van der Waals surface area contributed by atoms with Gasteiger partial charge in [-0.15, -0.1) is 0 Å². The number of carbonyl (C=O) groups excluding carboxylic acids is 1. The van der Waals surface area contributed by atoms with Gasteiger partial charge in [-0.2, -0.15) is 0 Å². The van der Waals surface area contributed by atoms with Gasteiger partial charge in [0.1, 0.15) is 5.15 Å². The molecule has 0 saturated heterocycles. The number of rotatable bonds is 3. The smallest absolute Gasteiger partial charge is 0.301 e. The van der Waals surface area contributed by atoms with Gasteiger partial charge in [0.25, 0.3) is 5.91 Å². The number of nitrogens with zero attached hydrogens (tertiary/aromatic N) is 2. The quantitative estimate of drug-likeness (QED) is 0.368. The van der Waals surface area contributed by atoms with Crippen LogP contribution in [0.15, 0.2) is 36.4 Å². The fourth-order valence-electron chi connectivity index (χ4n) is 1.49. The lowest BCUT2D eigenvalue weighted by Crippen LogP contribution is -2.15. The van der Waals surface area contributed by atoms with Crippen molar-refractivity contribution in [2.45, 2.75) is 0 Å². The standard InChI is InChI=1S/C12H7ClIN3O3/c13-10-6-5-9(17(19)20)11(15-10)16-12(18)7-3-1-2-4-8(7)14/h1-6H,(H,15,16,18). The van der Waals surface area contributed by atoms with Gasteiger partial charge in [-0.1, -0.05) is 23.7 Å². The molecule has 0 saturated carbocycles. The summed E-state index contributed by atoms with van der Waals surface area (Å²) in [4.78, 5) is 26.1. The molecule has 1 amide bonds. The van der Waals surface area contributed by atoms with Crippen molar-refractivity contribution in [2.24, 2.45) is 0 Å². The Morgan fingerprint density at radius 2 is 2.00 bits per heavy atom. The van der Waals surface area contributed by atoms with Crippen molar-refractivity contribution in [1.29, 1.82) is 0 Å². The second-order valence-corrected chi connectivity index (χ2v) is 5.24. The maximum atomic E-state index is 12.1. The first kappa shape index (κ1) is 14.7. The SMILES string of the molecule is O=C(Nc1nc(Cl)ccc1[N+](=O)[O-])c1ccccc1I. The molecule has 2 rings (SSSR count). The molecule has 1 heterocycles. The predicted molar refractivity (Wildman–Crippen MR) is 83.0 cm³/mol. The van der Waals surface area contributed by atoms with Crippen molar-refractivity contribution in [3.05, 3.63) is 60.8 Å². The monoisotopic (exact) mass is 403 g/mol. The Hall–Kier alpha value is -1.74. The van der Waals surface area contributed by atoms with Crippen LogP contribution < -0.4 is 5.32 Å². The number of nitro groups is 1. The molecule has 102 valence electrons. The van der Waals surface area contributed by atoms with E-state index in [4.69, 9.17) is 11.6 Å². The molecule has 20 heavy (non-hydrogen) atoms. The molecule has 0 atom stereocenters. The summed E-state index contributed by atoms with van der Waals surface area (Å²) >= 11 is 7.70. The lowest BCUT2D eigenvalue weighted by Gasteiger charge is -2.06. The Morgan fingerprint density at radius 1 is 1.30 bits per heavy atom. The molecule has 0 radical (unpaired) electrons. The number of amides is 1. The maximum absolute atomic E-state index is 12.1. The van der Waals surface area contributed by atoms with Crippen LogP contribution in [0, 0.1) is 13.7 Å². The molecule has 1 aromatic heterocycles. The summed E-state index contributed by atoms with van der Waals surface area (Å²) in [6, 6.07) is 9.36. The number of hydrogen-bond acceptors (Lipinski definition) is 4. The fraction of sp³-hybridized carbons (Fsp3) is 0. The third-order valence-corrected chi connectivity index (χ3v) is 3.54. The van der Waals surface area contributed by atoms with Crippen molar-refractivity contribution in [1.82, 2.24) is 4.98 Å². The molecule has 1 N–H and O–H groups in total. The van der Waals surface area contributed by atoms with Crippen LogP contribution in [-0.2, 0) is 0 Å². The van der Waals surface area contributed by atoms with Gasteiger partial charge in [0, 0.05) is 9.64 Å². The van der Waals surface area contributed by atoms with Gasteiger partial charge in [0.2, 0.25) is 5.82 Å². The number of pyridine rings is 1. The highest BCUT2D eigenvalue weighted by Crippen LogP contribution is 2.25. The zero-order chi connectivity index (χ0) is 14.7. The van der Waals surface area contributed by atoms with E-state index in [-0.39, 0.29) is 16.7 Å². The van der Waals surface area contributed by atoms with Gasteiger partial charge in [-0.25, -0.2) is 4.98 Å². The molecule has 0 spiro atoms. The molecule has 0 aliphatic heterocycles. The topological polar surface area (TPSA) is 85.1 Å². The summed E-state index contributed by atoms with van der Waals surface area (Å²) in [5.41, 5.74) is 0.0952. The molecular weight excluding hydrogens is 397 g/mol. The van der Waals surface area contributed by atoms with E-state index in [1.54, 1.807) is 24.3 Å². The van der Waals surface area contributed by atoms with Crippen LogP contribution in [0.4, 0.5) is 11.5 Å². The number of nitrogens with one attached hydrogen (secondary N) is 1. The molecule has 8 heteroatoms. The van der Waals surface area contributed by atoms with Crippen molar-refractivity contribution in [2.75, 3.05) is 5.32 Å². The van der Waals surface area contributed by atoms with E-state index in [9.17, 15) is 14.9 Å². The Balaban J connectivity index is 2.35. The van der Waals surface area contributed by atoms with Gasteiger partial charge in [0.05, 0.1) is 10.5 Å². The minimum Gasteiger partial charge on any atom is -0.301 e. The van der Waals surface area contributed by atoms with E-state index in [0.717, 1.165) is 3.57 Å². The van der Waals surface area contributed by atoms with E-state index in [1.807, 2.05) is 22.6 Å². The van der Waals surface area contributed by atoms with Gasteiger partial charge >= 0.3 is 5.69 Å². The molecular formula is C12H7ClIN3O3. The Labute approximate surface area is 132 Å². The van der Waals surface area contributed by atoms with Crippen LogP contribution in [0.5, 0.6) is 0 Å². The second-order valence-electron chi connectivity index (χ2n) is 3.69. The summed E-state index contributed by atoms with van der Waals surface area (Å²) in [6.45, 7) is 0. The number of anilines is 1. The number of hydrogen-bond donors (Lipinski definition) is 1. The van der Waals surface area contributed by atoms with Gasteiger partial charge < -0.3 is 5.32 Å². The highest BCUT2D eigenvalue weighted by molar-refractivity contribution is 14.1. The minimum absolute atomic E-state index is 0.0636. The molecule has 6 nitrogen and oxygen atoms in total. The number of halogens is 2. The van der Waals surface area contributed by atoms with E-state index in [1.165, 1.54) is 12.1 Å². The van der Waals surface area contributed by atoms with E-state index in [0.29, 0.717) is 5.56 Å². The average Bonchev–Trinajstić information content (AvgIpc) is 2.38. The summed E-state index contributed by atoms with van der Waals surface area (Å²) in [5, 5.41) is 13.4. The molecule has 0 aliphatic rings. The third-order valence-electron chi connectivity index (χ3n) is 2.39. The van der Waals surface area contributed by atoms with Crippen molar-refractivity contribution >= 4 is 51.6 Å². The van der Waals surface area contributed by atoms with Crippen LogP contribution >= 0.6 is 34.2 Å². The average molecular weight is 404 g/mol. The Bertz CT molecular complexity index is 693. The largest absolute Gasteiger partial charge is 0.311 e. The summed E-state index contributed by atoms with van der Waals surface area (Å²) < 4.78 is 0.729. The zero-order valence-electron chi connectivity index (χ0n) is 9.84. The molecule has 0 unspecified atom stereocenters. The third kappa shape index (κ3) is 3.23. The zero-order valence-corrected chi connectivity index (χ0v) is 12.8. The van der Waals surface area contributed by atoms with Crippen molar-refractivity contribution in [3.8, 4) is 0 Å². The van der Waals surface area contributed by atoms with Crippen molar-refractivity contribution < 1.29 is 9.72 Å². The Morgan fingerprint density at radius 3 is 2.65 bits per heavy atom. The number of carbonyl (C=O) groups is 1. The van der Waals surface area contributed by atoms with E-state index < -0.39 is 10.8 Å². The van der Waals surface area contributed by atoms with Crippen LogP contribution in [0.25, 0.3) is 0 Å². The van der Waals surface area contributed by atoms with Crippen LogP contribution in [0.2, 0.25) is 5.15 Å². The summed E-state index contributed by atoms with van der Waals surface area (Å²) in [7, 11) is 0. The molecule has 0 aliphatic carbocycles. The predicted octanol–water partition coefficient (Wildman–Crippen LogP) is 3.50. The first-order valence-corrected chi connectivity index (χ1v) is 6.81. The number of benzene rings is 1. The normalized spacial score (nSPS) is 10.1. The highest BCUT2D eigenvalue weighted by atomic mass is 127. The minimum atomic E-state index is -0.630. The van der Waals surface area contributed by atoms with E-state index >= 15 is 0 Å². The highest BCUT2D eigenvalue weighted by Gasteiger charge is 2.19. The summed E-state index contributed by atoms with van der Waals surface area (Å²) in [5.74, 6) is -0.653.